The second-order valence-electron chi connectivity index (χ2n) is 6.07. The average Bonchev–Trinajstić information content (AvgIpc) is 3.11. The number of alkyl halides is 3. The lowest BCUT2D eigenvalue weighted by Crippen LogP contribution is -2.40. The van der Waals surface area contributed by atoms with Crippen LogP contribution in [0.15, 0.2) is 30.3 Å². The highest BCUT2D eigenvalue weighted by Gasteiger charge is 2.50. The smallest absolute Gasteiger partial charge is 0.368 e. The molecule has 2 aliphatic heterocycles. The molecule has 2 bridgehead atoms. The van der Waals surface area contributed by atoms with Crippen molar-refractivity contribution in [1.82, 2.24) is 9.96 Å². The summed E-state index contributed by atoms with van der Waals surface area (Å²) >= 11 is 0.974. The zero-order chi connectivity index (χ0) is 18.8. The zero-order valence-electron chi connectivity index (χ0n) is 13.0. The van der Waals surface area contributed by atoms with Gasteiger partial charge in [0.15, 0.2) is 0 Å². The molecule has 0 saturated carbocycles. The number of carbonyl (C=O) groups excluding carboxylic acids is 2. The molecule has 3 heterocycles. The van der Waals surface area contributed by atoms with Crippen LogP contribution in [0.4, 0.5) is 18.0 Å². The molecule has 0 spiro atoms. The predicted octanol–water partition coefficient (Wildman–Crippen LogP) is 3.14. The maximum atomic E-state index is 13.3. The van der Waals surface area contributed by atoms with E-state index >= 15 is 0 Å². The number of urea groups is 1. The Labute approximate surface area is 149 Å². The Kier molecular flexibility index (Phi) is 3.53. The normalized spacial score (nSPS) is 21.9. The number of nitrogens with two attached hydrogens (primary N) is 1. The first-order valence-corrected chi connectivity index (χ1v) is 8.40. The fraction of sp³-hybridized carbons (Fsp3) is 0.250. The van der Waals surface area contributed by atoms with E-state index in [4.69, 9.17) is 5.73 Å². The summed E-state index contributed by atoms with van der Waals surface area (Å²) in [5, 5.41) is 10.5. The third-order valence-corrected chi connectivity index (χ3v) is 5.82. The van der Waals surface area contributed by atoms with Gasteiger partial charge < -0.3 is 10.6 Å². The summed E-state index contributed by atoms with van der Waals surface area (Å²) in [5.74, 6) is -0.800. The van der Waals surface area contributed by atoms with E-state index in [1.165, 1.54) is 24.3 Å². The summed E-state index contributed by atoms with van der Waals surface area (Å²) in [6, 6.07) is 4.01. The molecule has 2 unspecified atom stereocenters. The van der Waals surface area contributed by atoms with E-state index in [1.807, 2.05) is 0 Å². The highest BCUT2D eigenvalue weighted by Crippen LogP contribution is 2.50. The fourth-order valence-electron chi connectivity index (χ4n) is 3.45. The molecule has 4 rings (SSSR count). The van der Waals surface area contributed by atoms with Crippen LogP contribution in [-0.2, 0) is 11.0 Å². The van der Waals surface area contributed by atoms with Crippen LogP contribution in [0.3, 0.4) is 0 Å². The Bertz CT molecular complexity index is 927. The van der Waals surface area contributed by atoms with Crippen molar-refractivity contribution in [1.29, 1.82) is 0 Å². The summed E-state index contributed by atoms with van der Waals surface area (Å²) in [6.07, 6.45) is -4.54. The first kappa shape index (κ1) is 16.9. The molecule has 10 heteroatoms. The monoisotopic (exact) mass is 383 g/mol. The van der Waals surface area contributed by atoms with Gasteiger partial charge in [0.1, 0.15) is 12.1 Å². The van der Waals surface area contributed by atoms with Crippen LogP contribution < -0.4 is 5.73 Å². The molecule has 0 aliphatic carbocycles. The van der Waals surface area contributed by atoms with Crippen molar-refractivity contribution in [2.75, 3.05) is 6.54 Å². The van der Waals surface area contributed by atoms with Gasteiger partial charge in [-0.2, -0.15) is 18.2 Å². The molecule has 2 atom stereocenters. The topological polar surface area (TPSA) is 86.9 Å². The van der Waals surface area contributed by atoms with Gasteiger partial charge in [0.2, 0.25) is 5.91 Å². The molecule has 136 valence electrons. The summed E-state index contributed by atoms with van der Waals surface area (Å²) in [5.41, 5.74) is 5.04. The van der Waals surface area contributed by atoms with Crippen LogP contribution in [0.2, 0.25) is 0 Å². The number of fused-ring (bicyclic) bond motifs is 4. The SMILES string of the molecule is NC(=O)C1c2sc(-c3ccccc3C(F)(F)F)cc2C2CN1C(=O)N2O. The van der Waals surface area contributed by atoms with Crippen LogP contribution in [0.25, 0.3) is 10.4 Å². The predicted molar refractivity (Wildman–Crippen MR) is 85.2 cm³/mol. The van der Waals surface area contributed by atoms with Crippen molar-refractivity contribution in [3.8, 4) is 10.4 Å². The Morgan fingerprint density at radius 3 is 2.65 bits per heavy atom. The summed E-state index contributed by atoms with van der Waals surface area (Å²) in [4.78, 5) is 25.7. The average molecular weight is 383 g/mol. The lowest BCUT2D eigenvalue weighted by molar-refractivity contribution is -0.137. The molecule has 0 radical (unpaired) electrons. The Morgan fingerprint density at radius 2 is 2.00 bits per heavy atom. The highest BCUT2D eigenvalue weighted by molar-refractivity contribution is 7.16. The number of hydrogen-bond acceptors (Lipinski definition) is 4. The maximum absolute atomic E-state index is 13.3. The van der Waals surface area contributed by atoms with E-state index in [0.29, 0.717) is 20.4 Å². The number of hydrogen-bond donors (Lipinski definition) is 2. The molecule has 3 N–H and O–H groups in total. The number of nitrogens with zero attached hydrogens (tertiary/aromatic N) is 2. The molecule has 26 heavy (non-hydrogen) atoms. The van der Waals surface area contributed by atoms with Crippen LogP contribution in [0, 0.1) is 0 Å². The lowest BCUT2D eigenvalue weighted by Gasteiger charge is -2.27. The van der Waals surface area contributed by atoms with Crippen LogP contribution in [0.1, 0.15) is 28.1 Å². The maximum Gasteiger partial charge on any atom is 0.417 e. The van der Waals surface area contributed by atoms with Crippen molar-refractivity contribution in [3.63, 3.8) is 0 Å². The van der Waals surface area contributed by atoms with Crippen molar-refractivity contribution in [2.24, 2.45) is 5.73 Å². The number of hydroxylamine groups is 2. The van der Waals surface area contributed by atoms with E-state index in [1.54, 1.807) is 0 Å². The van der Waals surface area contributed by atoms with Crippen LogP contribution in [0.5, 0.6) is 0 Å². The van der Waals surface area contributed by atoms with Gasteiger partial charge in [0.05, 0.1) is 12.1 Å². The molecule has 1 fully saturated rings. The number of rotatable bonds is 2. The van der Waals surface area contributed by atoms with Crippen molar-refractivity contribution in [2.45, 2.75) is 18.3 Å². The zero-order valence-corrected chi connectivity index (χ0v) is 13.8. The second kappa shape index (κ2) is 5.45. The lowest BCUT2D eigenvalue weighted by atomic mass is 9.97. The second-order valence-corrected chi connectivity index (χ2v) is 7.16. The van der Waals surface area contributed by atoms with Gasteiger partial charge in [-0.05, 0) is 17.7 Å². The minimum Gasteiger partial charge on any atom is -0.368 e. The Hall–Kier alpha value is -2.59. The summed E-state index contributed by atoms with van der Waals surface area (Å²) < 4.78 is 39.9. The third kappa shape index (κ3) is 2.29. The molecule has 1 saturated heterocycles. The fourth-order valence-corrected chi connectivity index (χ4v) is 4.83. The van der Waals surface area contributed by atoms with Crippen LogP contribution >= 0.6 is 11.3 Å². The first-order chi connectivity index (χ1) is 12.2. The van der Waals surface area contributed by atoms with E-state index in [0.717, 1.165) is 22.3 Å². The van der Waals surface area contributed by atoms with Gasteiger partial charge >= 0.3 is 12.2 Å². The van der Waals surface area contributed by atoms with E-state index in [2.05, 4.69) is 0 Å². The Balaban J connectivity index is 1.89. The number of thiophene rings is 1. The number of halogens is 3. The third-order valence-electron chi connectivity index (χ3n) is 4.58. The van der Waals surface area contributed by atoms with E-state index in [9.17, 15) is 28.0 Å². The van der Waals surface area contributed by atoms with E-state index in [-0.39, 0.29) is 12.1 Å². The van der Waals surface area contributed by atoms with Gasteiger partial charge in [-0.3, -0.25) is 10.0 Å². The number of amides is 3. The van der Waals surface area contributed by atoms with Gasteiger partial charge in [0.25, 0.3) is 0 Å². The largest absolute Gasteiger partial charge is 0.417 e. The quantitative estimate of drug-likeness (QED) is 0.781. The van der Waals surface area contributed by atoms with Gasteiger partial charge in [0, 0.05) is 15.3 Å². The summed E-state index contributed by atoms with van der Waals surface area (Å²) in [7, 11) is 0. The molecular formula is C16H12F3N3O3S. The van der Waals surface area contributed by atoms with Crippen molar-refractivity contribution < 1.29 is 28.0 Å². The van der Waals surface area contributed by atoms with Gasteiger partial charge in [-0.1, -0.05) is 18.2 Å². The van der Waals surface area contributed by atoms with E-state index < -0.39 is 35.8 Å². The molecule has 6 nitrogen and oxygen atoms in total. The minimum absolute atomic E-state index is 0.0238. The minimum atomic E-state index is -4.54. The number of carbonyl (C=O) groups is 2. The molecule has 1 aromatic carbocycles. The molecule has 1 aromatic heterocycles. The Morgan fingerprint density at radius 1 is 1.31 bits per heavy atom. The molecule has 2 aromatic rings. The first-order valence-electron chi connectivity index (χ1n) is 7.58. The molecule has 3 amide bonds. The summed E-state index contributed by atoms with van der Waals surface area (Å²) in [6.45, 7) is 0.0486. The number of primary amides is 1. The standard InChI is InChI=1S/C16H12F3N3O3S/c17-16(18,19)9-4-2-1-3-7(9)11-5-8-10-6-21(15(24)22(10)25)12(14(20)23)13(8)26-11/h1-5,10,12,25H,6H2,(H2,20,23). The molecular weight excluding hydrogens is 371 g/mol. The van der Waals surface area contributed by atoms with Crippen LogP contribution in [-0.4, -0.2) is 33.7 Å². The van der Waals surface area contributed by atoms with Crippen molar-refractivity contribution in [3.05, 3.63) is 46.3 Å². The van der Waals surface area contributed by atoms with Crippen molar-refractivity contribution >= 4 is 23.3 Å². The number of benzene rings is 1. The molecule has 2 aliphatic rings. The van der Waals surface area contributed by atoms with Gasteiger partial charge in [-0.25, -0.2) is 4.79 Å². The highest BCUT2D eigenvalue weighted by atomic mass is 32.1. The van der Waals surface area contributed by atoms with Gasteiger partial charge in [-0.15, -0.1) is 11.3 Å².